The molecule has 0 aliphatic heterocycles. The maximum Gasteiger partial charge on any atom is 0.189 e. The van der Waals surface area contributed by atoms with Crippen molar-refractivity contribution in [3.63, 3.8) is 0 Å². The number of hydrogen-bond acceptors (Lipinski definition) is 3. The fourth-order valence-electron chi connectivity index (χ4n) is 1.22. The van der Waals surface area contributed by atoms with Crippen LogP contribution in [-0.4, -0.2) is 44.5 Å². The second-order valence-corrected chi connectivity index (χ2v) is 5.22. The molecular weight excluding hydrogens is 357 g/mol. The lowest BCUT2D eigenvalue weighted by atomic mass is 10.1. The first-order chi connectivity index (χ1) is 8.45. The van der Waals surface area contributed by atoms with Crippen molar-refractivity contribution in [2.75, 3.05) is 33.0 Å². The molecule has 0 aliphatic rings. The molecule has 0 bridgehead atoms. The van der Waals surface area contributed by atoms with Gasteiger partial charge in [0.1, 0.15) is 0 Å². The molecule has 116 valence electrons. The summed E-state index contributed by atoms with van der Waals surface area (Å²) in [7, 11) is 0. The molecule has 0 aliphatic carbocycles. The van der Waals surface area contributed by atoms with E-state index in [1.165, 1.54) is 0 Å². The quantitative estimate of drug-likeness (QED) is 0.275. The van der Waals surface area contributed by atoms with Crippen molar-refractivity contribution in [2.24, 2.45) is 10.7 Å². The van der Waals surface area contributed by atoms with Crippen LogP contribution in [-0.2, 0) is 9.47 Å². The highest BCUT2D eigenvalue weighted by Gasteiger charge is 2.09. The molecule has 3 N–H and O–H groups in total. The topological polar surface area (TPSA) is 68.9 Å². The summed E-state index contributed by atoms with van der Waals surface area (Å²) < 4.78 is 10.7. The zero-order valence-corrected chi connectivity index (χ0v) is 15.0. The number of nitrogens with one attached hydrogen (secondary N) is 1. The van der Waals surface area contributed by atoms with E-state index < -0.39 is 0 Å². The Morgan fingerprint density at radius 2 is 1.68 bits per heavy atom. The molecule has 0 rings (SSSR count). The summed E-state index contributed by atoms with van der Waals surface area (Å²) >= 11 is 0. The van der Waals surface area contributed by atoms with Crippen molar-refractivity contribution in [3.8, 4) is 0 Å². The molecule has 0 amide bonds. The highest BCUT2D eigenvalue weighted by atomic mass is 127. The van der Waals surface area contributed by atoms with Crippen LogP contribution in [0.4, 0.5) is 0 Å². The number of hydrogen-bond donors (Lipinski definition) is 2. The Morgan fingerprint density at radius 1 is 1.11 bits per heavy atom. The molecule has 6 heteroatoms. The van der Waals surface area contributed by atoms with Crippen molar-refractivity contribution in [2.45, 2.75) is 46.1 Å². The van der Waals surface area contributed by atoms with E-state index >= 15 is 0 Å². The molecular formula is C13H30IN3O2. The summed E-state index contributed by atoms with van der Waals surface area (Å²) in [5.41, 5.74) is 5.66. The molecule has 0 aromatic heterocycles. The van der Waals surface area contributed by atoms with Gasteiger partial charge in [0.15, 0.2) is 5.96 Å². The van der Waals surface area contributed by atoms with Crippen LogP contribution in [0.5, 0.6) is 0 Å². The van der Waals surface area contributed by atoms with Gasteiger partial charge in [-0.1, -0.05) is 13.3 Å². The van der Waals surface area contributed by atoms with Crippen molar-refractivity contribution in [3.05, 3.63) is 0 Å². The number of halogens is 1. The second kappa shape index (κ2) is 12.9. The van der Waals surface area contributed by atoms with E-state index in [0.29, 0.717) is 32.3 Å². The normalized spacial score (nSPS) is 12.1. The number of nitrogens with two attached hydrogens (primary N) is 1. The Morgan fingerprint density at radius 3 is 2.21 bits per heavy atom. The minimum atomic E-state index is -0.0540. The van der Waals surface area contributed by atoms with Crippen LogP contribution < -0.4 is 11.1 Å². The second-order valence-electron chi connectivity index (χ2n) is 5.22. The lowest BCUT2D eigenvalue weighted by Gasteiger charge is -2.20. The zero-order chi connectivity index (χ0) is 13.9. The Kier molecular flexibility index (Phi) is 14.4. The smallest absolute Gasteiger partial charge is 0.189 e. The van der Waals surface area contributed by atoms with E-state index in [-0.39, 0.29) is 29.5 Å². The predicted molar refractivity (Wildman–Crippen MR) is 91.3 cm³/mol. The molecule has 19 heavy (non-hydrogen) atoms. The lowest BCUT2D eigenvalue weighted by Crippen LogP contribution is -2.45. The van der Waals surface area contributed by atoms with Crippen LogP contribution in [0.3, 0.4) is 0 Å². The van der Waals surface area contributed by atoms with E-state index in [9.17, 15) is 0 Å². The summed E-state index contributed by atoms with van der Waals surface area (Å²) in [4.78, 5) is 4.17. The molecule has 0 atom stereocenters. The summed E-state index contributed by atoms with van der Waals surface area (Å²) in [6, 6.07) is 0. The van der Waals surface area contributed by atoms with Gasteiger partial charge in [-0.15, -0.1) is 24.0 Å². The number of ether oxygens (including phenoxy) is 2. The van der Waals surface area contributed by atoms with Gasteiger partial charge >= 0.3 is 0 Å². The van der Waals surface area contributed by atoms with Gasteiger partial charge in [0.25, 0.3) is 0 Å². The van der Waals surface area contributed by atoms with Crippen LogP contribution in [0, 0.1) is 0 Å². The van der Waals surface area contributed by atoms with Crippen LogP contribution in [0.2, 0.25) is 0 Å². The van der Waals surface area contributed by atoms with Crippen LogP contribution in [0.1, 0.15) is 40.5 Å². The molecule has 0 unspecified atom stereocenters. The highest BCUT2D eigenvalue weighted by molar-refractivity contribution is 14.0. The summed E-state index contributed by atoms with van der Waals surface area (Å²) in [6.45, 7) is 11.5. The van der Waals surface area contributed by atoms with Gasteiger partial charge in [0, 0.05) is 12.1 Å². The molecule has 0 radical (unpaired) electrons. The molecule has 0 aromatic carbocycles. The summed E-state index contributed by atoms with van der Waals surface area (Å²) in [6.07, 6.45) is 2.27. The van der Waals surface area contributed by atoms with Crippen LogP contribution in [0.15, 0.2) is 4.99 Å². The predicted octanol–water partition coefficient (Wildman–Crippen LogP) is 2.14. The van der Waals surface area contributed by atoms with Crippen LogP contribution in [0.25, 0.3) is 0 Å². The van der Waals surface area contributed by atoms with E-state index in [2.05, 4.69) is 17.2 Å². The van der Waals surface area contributed by atoms with Crippen molar-refractivity contribution >= 4 is 29.9 Å². The highest BCUT2D eigenvalue weighted by Crippen LogP contribution is 1.96. The number of aliphatic imine (C=N–C) groups is 1. The Balaban J connectivity index is 0. The van der Waals surface area contributed by atoms with Crippen molar-refractivity contribution < 1.29 is 9.47 Å². The monoisotopic (exact) mass is 387 g/mol. The maximum absolute atomic E-state index is 5.71. The standard InChI is InChI=1S/C13H29N3O2.HI/c1-5-6-8-17-10-11-18-9-7-15-12(14)16-13(2,3)4;/h5-11H2,1-4H3,(H3,14,15,16);1H. The summed E-state index contributed by atoms with van der Waals surface area (Å²) in [5.74, 6) is 0.463. The first kappa shape index (κ1) is 21.2. The SMILES string of the molecule is CCCCOCCOCCN=C(N)NC(C)(C)C.I. The molecule has 5 nitrogen and oxygen atoms in total. The fourth-order valence-corrected chi connectivity index (χ4v) is 1.22. The molecule has 0 aromatic rings. The minimum absolute atomic E-state index is 0. The van der Waals surface area contributed by atoms with Crippen LogP contribution >= 0.6 is 24.0 Å². The van der Waals surface area contributed by atoms with Gasteiger partial charge in [0.05, 0.1) is 26.4 Å². The average molecular weight is 387 g/mol. The van der Waals surface area contributed by atoms with E-state index in [0.717, 1.165) is 19.4 Å². The zero-order valence-electron chi connectivity index (χ0n) is 12.7. The largest absolute Gasteiger partial charge is 0.379 e. The Hall–Kier alpha value is -0.0800. The van der Waals surface area contributed by atoms with Gasteiger partial charge in [-0.25, -0.2) is 0 Å². The van der Waals surface area contributed by atoms with Crippen molar-refractivity contribution in [1.82, 2.24) is 5.32 Å². The van der Waals surface area contributed by atoms with Gasteiger partial charge in [-0.05, 0) is 27.2 Å². The number of nitrogens with zero attached hydrogens (tertiary/aromatic N) is 1. The van der Waals surface area contributed by atoms with E-state index in [1.807, 2.05) is 20.8 Å². The first-order valence-electron chi connectivity index (χ1n) is 6.69. The van der Waals surface area contributed by atoms with E-state index in [4.69, 9.17) is 15.2 Å². The minimum Gasteiger partial charge on any atom is -0.379 e. The molecule has 0 saturated carbocycles. The summed E-state index contributed by atoms with van der Waals surface area (Å²) in [5, 5.41) is 3.09. The lowest BCUT2D eigenvalue weighted by molar-refractivity contribution is 0.0497. The first-order valence-corrected chi connectivity index (χ1v) is 6.69. The molecule has 0 saturated heterocycles. The molecule has 0 fully saturated rings. The number of unbranched alkanes of at least 4 members (excludes halogenated alkanes) is 1. The Labute approximate surface area is 134 Å². The molecule has 0 spiro atoms. The molecule has 0 heterocycles. The third-order valence-electron chi connectivity index (χ3n) is 2.04. The van der Waals surface area contributed by atoms with Gasteiger partial charge in [0.2, 0.25) is 0 Å². The Bertz CT molecular complexity index is 230. The number of guanidine groups is 1. The van der Waals surface area contributed by atoms with Gasteiger partial charge in [-0.3, -0.25) is 4.99 Å². The van der Waals surface area contributed by atoms with Gasteiger partial charge in [-0.2, -0.15) is 0 Å². The number of rotatable bonds is 9. The third kappa shape index (κ3) is 17.9. The maximum atomic E-state index is 5.71. The van der Waals surface area contributed by atoms with Gasteiger partial charge < -0.3 is 20.5 Å². The van der Waals surface area contributed by atoms with Crippen molar-refractivity contribution in [1.29, 1.82) is 0 Å². The average Bonchev–Trinajstić information content (AvgIpc) is 2.24. The fraction of sp³-hybridized carbons (Fsp3) is 0.923. The van der Waals surface area contributed by atoms with E-state index in [1.54, 1.807) is 0 Å². The third-order valence-corrected chi connectivity index (χ3v) is 2.04.